The summed E-state index contributed by atoms with van der Waals surface area (Å²) in [5.41, 5.74) is 6.07. The van der Waals surface area contributed by atoms with E-state index in [4.69, 9.17) is 9.47 Å². The summed E-state index contributed by atoms with van der Waals surface area (Å²) in [6, 6.07) is 14.2. The molecule has 0 saturated carbocycles. The third-order valence-corrected chi connectivity index (χ3v) is 5.88. The number of ether oxygens (including phenoxy) is 2. The number of pyridine rings is 1. The summed E-state index contributed by atoms with van der Waals surface area (Å²) in [6.07, 6.45) is 4.19. The average molecular weight is 370 g/mol. The zero-order chi connectivity index (χ0) is 18.7. The van der Waals surface area contributed by atoms with Gasteiger partial charge in [-0.25, -0.2) is 0 Å². The highest BCUT2D eigenvalue weighted by molar-refractivity contribution is 6.03. The van der Waals surface area contributed by atoms with Gasteiger partial charge in [0, 0.05) is 40.9 Å². The van der Waals surface area contributed by atoms with Gasteiger partial charge in [0.25, 0.3) is 0 Å². The van der Waals surface area contributed by atoms with E-state index in [0.29, 0.717) is 6.42 Å². The maximum Gasteiger partial charge on any atom is 0.231 e. The number of ketones is 1. The van der Waals surface area contributed by atoms with Crippen LogP contribution in [0.5, 0.6) is 11.5 Å². The van der Waals surface area contributed by atoms with Crippen molar-refractivity contribution >= 4 is 22.4 Å². The van der Waals surface area contributed by atoms with E-state index in [-0.39, 0.29) is 18.5 Å². The van der Waals surface area contributed by atoms with Gasteiger partial charge in [0.1, 0.15) is 0 Å². The van der Waals surface area contributed by atoms with Crippen LogP contribution in [0.3, 0.4) is 0 Å². The van der Waals surface area contributed by atoms with Gasteiger partial charge < -0.3 is 14.8 Å². The van der Waals surface area contributed by atoms with Crippen LogP contribution in [0.15, 0.2) is 59.9 Å². The lowest BCUT2D eigenvalue weighted by Gasteiger charge is -2.34. The van der Waals surface area contributed by atoms with Gasteiger partial charge >= 0.3 is 0 Å². The van der Waals surface area contributed by atoms with Gasteiger partial charge in [0.05, 0.1) is 5.52 Å². The van der Waals surface area contributed by atoms with Gasteiger partial charge in [-0.3, -0.25) is 9.78 Å². The number of carbonyl (C=O) groups is 1. The number of fused-ring (bicyclic) bond motifs is 4. The third kappa shape index (κ3) is 2.19. The summed E-state index contributed by atoms with van der Waals surface area (Å²) in [4.78, 5) is 17.5. The molecule has 1 aliphatic carbocycles. The fourth-order valence-corrected chi connectivity index (χ4v) is 4.66. The lowest BCUT2D eigenvalue weighted by molar-refractivity contribution is -0.116. The largest absolute Gasteiger partial charge is 0.454 e. The minimum absolute atomic E-state index is 0.138. The Morgan fingerprint density at radius 1 is 1.04 bits per heavy atom. The molecule has 2 aliphatic heterocycles. The van der Waals surface area contributed by atoms with Gasteiger partial charge in [0.15, 0.2) is 17.3 Å². The summed E-state index contributed by atoms with van der Waals surface area (Å²) < 4.78 is 11.1. The minimum Gasteiger partial charge on any atom is -0.454 e. The maximum absolute atomic E-state index is 13.0. The topological polar surface area (TPSA) is 60.5 Å². The number of anilines is 1. The molecular weight excluding hydrogens is 352 g/mol. The van der Waals surface area contributed by atoms with E-state index in [1.165, 1.54) is 0 Å². The second-order valence-electron chi connectivity index (χ2n) is 7.44. The van der Waals surface area contributed by atoms with Crippen LogP contribution in [0.2, 0.25) is 0 Å². The molecule has 0 amide bonds. The molecule has 0 unspecified atom stereocenters. The van der Waals surface area contributed by atoms with Crippen LogP contribution in [-0.2, 0) is 4.79 Å². The molecule has 0 fully saturated rings. The summed E-state index contributed by atoms with van der Waals surface area (Å²) in [5, 5.41) is 4.62. The smallest absolute Gasteiger partial charge is 0.231 e. The molecule has 1 aromatic heterocycles. The van der Waals surface area contributed by atoms with E-state index in [1.807, 2.05) is 24.3 Å². The Bertz CT molecular complexity index is 1180. The van der Waals surface area contributed by atoms with Crippen molar-refractivity contribution in [3.05, 3.63) is 71.1 Å². The van der Waals surface area contributed by atoms with E-state index in [9.17, 15) is 4.79 Å². The van der Waals surface area contributed by atoms with Crippen LogP contribution >= 0.6 is 0 Å². The Morgan fingerprint density at radius 2 is 1.96 bits per heavy atom. The van der Waals surface area contributed by atoms with Crippen molar-refractivity contribution in [2.24, 2.45) is 0 Å². The summed E-state index contributed by atoms with van der Waals surface area (Å²) in [6.45, 7) is 0.237. The lowest BCUT2D eigenvalue weighted by Crippen LogP contribution is -2.27. The second kappa shape index (κ2) is 5.83. The molecule has 3 aliphatic rings. The Morgan fingerprint density at radius 3 is 2.93 bits per heavy atom. The molecule has 2 aromatic carbocycles. The Kier molecular flexibility index (Phi) is 3.27. The van der Waals surface area contributed by atoms with Crippen molar-refractivity contribution in [2.45, 2.75) is 25.2 Å². The van der Waals surface area contributed by atoms with E-state index >= 15 is 0 Å². The number of benzene rings is 2. The zero-order valence-electron chi connectivity index (χ0n) is 15.2. The quantitative estimate of drug-likeness (QED) is 0.682. The van der Waals surface area contributed by atoms with E-state index < -0.39 is 0 Å². The molecular formula is C23H18N2O3. The molecule has 28 heavy (non-hydrogen) atoms. The van der Waals surface area contributed by atoms with Gasteiger partial charge in [-0.05, 0) is 54.3 Å². The minimum atomic E-state index is -0.138. The molecule has 0 saturated heterocycles. The average Bonchev–Trinajstić information content (AvgIpc) is 3.20. The van der Waals surface area contributed by atoms with Gasteiger partial charge in [-0.15, -0.1) is 0 Å². The third-order valence-electron chi connectivity index (χ3n) is 5.88. The highest BCUT2D eigenvalue weighted by Crippen LogP contribution is 2.49. The number of hydrogen-bond acceptors (Lipinski definition) is 5. The second-order valence-corrected chi connectivity index (χ2v) is 7.44. The van der Waals surface area contributed by atoms with Gasteiger partial charge in [-0.1, -0.05) is 12.1 Å². The highest BCUT2D eigenvalue weighted by atomic mass is 16.7. The predicted octanol–water partition coefficient (Wildman–Crippen LogP) is 4.53. The SMILES string of the molecule is O=C1CCCC2=C1[C@H](c1ccc3c(c1)OCO3)c1c(ccc3ncccc13)N2. The van der Waals surface area contributed by atoms with Crippen molar-refractivity contribution in [2.75, 3.05) is 12.1 Å². The van der Waals surface area contributed by atoms with Crippen molar-refractivity contribution in [1.29, 1.82) is 0 Å². The normalized spacial score (nSPS) is 20.0. The monoisotopic (exact) mass is 370 g/mol. The Balaban J connectivity index is 1.65. The number of carbonyl (C=O) groups excluding carboxylic acids is 1. The fraction of sp³-hybridized carbons (Fsp3) is 0.217. The molecule has 3 aromatic rings. The van der Waals surface area contributed by atoms with E-state index in [0.717, 1.165) is 63.3 Å². The van der Waals surface area contributed by atoms with Crippen molar-refractivity contribution in [1.82, 2.24) is 4.98 Å². The van der Waals surface area contributed by atoms with Crippen molar-refractivity contribution in [3.63, 3.8) is 0 Å². The maximum atomic E-state index is 13.0. The number of Topliss-reactive ketones (excluding diaryl/α,β-unsaturated/α-hetero) is 1. The number of allylic oxidation sites excluding steroid dienone is 2. The standard InChI is InChI=1S/C23H18N2O3/c26-18-5-1-4-16-23(18)21(13-6-9-19-20(11-13)28-12-27-19)22-14-3-2-10-24-15(14)7-8-17(22)25-16/h2-3,6-11,21,25H,1,4-5,12H2/t21-/m1/s1. The molecule has 0 radical (unpaired) electrons. The molecule has 0 spiro atoms. The molecule has 0 bridgehead atoms. The Hall–Kier alpha value is -3.34. The van der Waals surface area contributed by atoms with Crippen molar-refractivity contribution in [3.8, 4) is 11.5 Å². The first-order valence-corrected chi connectivity index (χ1v) is 9.60. The predicted molar refractivity (Wildman–Crippen MR) is 106 cm³/mol. The molecule has 6 rings (SSSR count). The first kappa shape index (κ1) is 15.7. The van der Waals surface area contributed by atoms with Crippen LogP contribution < -0.4 is 14.8 Å². The van der Waals surface area contributed by atoms with Crippen LogP contribution in [0.25, 0.3) is 10.9 Å². The van der Waals surface area contributed by atoms with Crippen LogP contribution in [0.4, 0.5) is 5.69 Å². The fourth-order valence-electron chi connectivity index (χ4n) is 4.66. The molecule has 3 heterocycles. The number of nitrogens with zero attached hydrogens (tertiary/aromatic N) is 1. The zero-order valence-corrected chi connectivity index (χ0v) is 15.2. The van der Waals surface area contributed by atoms with Crippen LogP contribution in [0.1, 0.15) is 36.3 Å². The van der Waals surface area contributed by atoms with Crippen molar-refractivity contribution < 1.29 is 14.3 Å². The number of aromatic nitrogens is 1. The first-order chi connectivity index (χ1) is 13.8. The number of hydrogen-bond donors (Lipinski definition) is 1. The summed E-state index contributed by atoms with van der Waals surface area (Å²) >= 11 is 0. The van der Waals surface area contributed by atoms with Crippen LogP contribution in [-0.4, -0.2) is 17.6 Å². The first-order valence-electron chi connectivity index (χ1n) is 9.60. The van der Waals surface area contributed by atoms with Crippen LogP contribution in [0, 0.1) is 0 Å². The number of nitrogens with one attached hydrogen (secondary N) is 1. The summed E-state index contributed by atoms with van der Waals surface area (Å²) in [7, 11) is 0. The van der Waals surface area contributed by atoms with Gasteiger partial charge in [0.2, 0.25) is 6.79 Å². The molecule has 1 N–H and O–H groups in total. The Labute approximate surface area is 162 Å². The lowest BCUT2D eigenvalue weighted by atomic mass is 9.74. The number of rotatable bonds is 1. The highest BCUT2D eigenvalue weighted by Gasteiger charge is 2.36. The summed E-state index contributed by atoms with van der Waals surface area (Å²) in [5.74, 6) is 1.58. The van der Waals surface area contributed by atoms with E-state index in [2.05, 4.69) is 28.5 Å². The molecule has 138 valence electrons. The van der Waals surface area contributed by atoms with Gasteiger partial charge in [-0.2, -0.15) is 0 Å². The molecule has 1 atom stereocenters. The molecule has 5 nitrogen and oxygen atoms in total. The van der Waals surface area contributed by atoms with E-state index in [1.54, 1.807) is 6.20 Å². The molecule has 5 heteroatoms.